The molecule has 5 nitrogen and oxygen atoms in total. The van der Waals surface area contributed by atoms with Crippen LogP contribution in [0.3, 0.4) is 0 Å². The summed E-state index contributed by atoms with van der Waals surface area (Å²) in [5, 5.41) is 2.90. The molecule has 1 N–H and O–H groups in total. The van der Waals surface area contributed by atoms with Crippen molar-refractivity contribution in [2.45, 2.75) is 13.0 Å². The van der Waals surface area contributed by atoms with Gasteiger partial charge in [-0.15, -0.1) is 6.42 Å². The van der Waals surface area contributed by atoms with Crippen LogP contribution in [0.15, 0.2) is 0 Å². The van der Waals surface area contributed by atoms with Crippen molar-refractivity contribution in [1.82, 2.24) is 15.0 Å². The standard InChI is InChI=1S/C8H9ClN4O/c1-4-5(2)10-7-11-6(9)12-8(13-7)14-3/h1,5H,2-3H3,(H,10,11,12,13). The van der Waals surface area contributed by atoms with E-state index in [1.165, 1.54) is 7.11 Å². The van der Waals surface area contributed by atoms with Crippen molar-refractivity contribution in [2.24, 2.45) is 0 Å². The van der Waals surface area contributed by atoms with Crippen molar-refractivity contribution >= 4 is 17.5 Å². The van der Waals surface area contributed by atoms with Gasteiger partial charge in [-0.05, 0) is 18.5 Å². The first kappa shape index (κ1) is 10.5. The van der Waals surface area contributed by atoms with Crippen molar-refractivity contribution in [1.29, 1.82) is 0 Å². The molecule has 1 unspecified atom stereocenters. The molecular formula is C8H9ClN4O. The smallest absolute Gasteiger partial charge is 0.322 e. The summed E-state index contributed by atoms with van der Waals surface area (Å²) >= 11 is 5.62. The molecule has 0 saturated carbocycles. The summed E-state index contributed by atoms with van der Waals surface area (Å²) < 4.78 is 4.81. The van der Waals surface area contributed by atoms with Gasteiger partial charge in [0.25, 0.3) is 0 Å². The van der Waals surface area contributed by atoms with Gasteiger partial charge in [0.15, 0.2) is 0 Å². The Morgan fingerprint density at radius 3 is 2.79 bits per heavy atom. The topological polar surface area (TPSA) is 59.9 Å². The molecule has 0 radical (unpaired) electrons. The van der Waals surface area contributed by atoms with Gasteiger partial charge in [-0.2, -0.15) is 15.0 Å². The van der Waals surface area contributed by atoms with Crippen molar-refractivity contribution in [2.75, 3.05) is 12.4 Å². The number of hydrogen-bond acceptors (Lipinski definition) is 5. The maximum atomic E-state index is 5.62. The molecule has 74 valence electrons. The zero-order valence-corrected chi connectivity index (χ0v) is 8.54. The van der Waals surface area contributed by atoms with Crippen LogP contribution in [0.1, 0.15) is 6.92 Å². The summed E-state index contributed by atoms with van der Waals surface area (Å²) in [4.78, 5) is 11.4. The third-order valence-electron chi connectivity index (χ3n) is 1.37. The summed E-state index contributed by atoms with van der Waals surface area (Å²) in [6.45, 7) is 1.80. The monoisotopic (exact) mass is 212 g/mol. The number of methoxy groups -OCH3 is 1. The van der Waals surface area contributed by atoms with E-state index >= 15 is 0 Å². The number of nitrogens with zero attached hydrogens (tertiary/aromatic N) is 3. The van der Waals surface area contributed by atoms with Gasteiger partial charge in [0, 0.05) is 0 Å². The molecule has 0 fully saturated rings. The van der Waals surface area contributed by atoms with E-state index in [4.69, 9.17) is 22.8 Å². The predicted octanol–water partition coefficient (Wildman–Crippen LogP) is 0.967. The van der Waals surface area contributed by atoms with Crippen LogP contribution in [0.4, 0.5) is 5.95 Å². The molecular weight excluding hydrogens is 204 g/mol. The molecule has 0 aliphatic heterocycles. The minimum Gasteiger partial charge on any atom is -0.467 e. The van der Waals surface area contributed by atoms with Crippen LogP contribution in [0.2, 0.25) is 5.28 Å². The van der Waals surface area contributed by atoms with Crippen LogP contribution in [0, 0.1) is 12.3 Å². The van der Waals surface area contributed by atoms with Gasteiger partial charge in [0.1, 0.15) is 0 Å². The summed E-state index contributed by atoms with van der Waals surface area (Å²) in [6, 6.07) is -0.0325. The van der Waals surface area contributed by atoms with Crippen LogP contribution in [0.5, 0.6) is 6.01 Å². The fourth-order valence-corrected chi connectivity index (χ4v) is 0.875. The Balaban J connectivity index is 2.87. The third-order valence-corrected chi connectivity index (χ3v) is 1.53. The third kappa shape index (κ3) is 2.75. The Morgan fingerprint density at radius 1 is 1.50 bits per heavy atom. The number of rotatable bonds is 3. The van der Waals surface area contributed by atoms with Gasteiger partial charge < -0.3 is 10.1 Å². The number of nitrogens with one attached hydrogen (secondary N) is 1. The number of ether oxygens (including phenoxy) is 1. The molecule has 0 aliphatic rings. The number of halogens is 1. The zero-order valence-electron chi connectivity index (χ0n) is 7.78. The lowest BCUT2D eigenvalue weighted by Gasteiger charge is -2.07. The highest BCUT2D eigenvalue weighted by atomic mass is 35.5. The summed E-state index contributed by atoms with van der Waals surface area (Å²) in [5.41, 5.74) is 0. The lowest BCUT2D eigenvalue weighted by Crippen LogP contribution is -2.15. The highest BCUT2D eigenvalue weighted by Crippen LogP contribution is 2.11. The second-order valence-corrected chi connectivity index (χ2v) is 2.79. The molecule has 1 rings (SSSR count). The Labute approximate surface area is 86.9 Å². The Kier molecular flexibility index (Phi) is 3.48. The molecule has 1 atom stereocenters. The van der Waals surface area contributed by atoms with Crippen molar-refractivity contribution in [3.63, 3.8) is 0 Å². The average molecular weight is 213 g/mol. The van der Waals surface area contributed by atoms with Gasteiger partial charge in [-0.25, -0.2) is 0 Å². The van der Waals surface area contributed by atoms with Gasteiger partial charge in [0.2, 0.25) is 11.2 Å². The van der Waals surface area contributed by atoms with Crippen LogP contribution in [0.25, 0.3) is 0 Å². The maximum Gasteiger partial charge on any atom is 0.322 e. The van der Waals surface area contributed by atoms with Crippen molar-refractivity contribution < 1.29 is 4.74 Å². The largest absolute Gasteiger partial charge is 0.467 e. The van der Waals surface area contributed by atoms with Crippen LogP contribution < -0.4 is 10.1 Å². The number of hydrogen-bond donors (Lipinski definition) is 1. The van der Waals surface area contributed by atoms with E-state index in [-0.39, 0.29) is 17.3 Å². The molecule has 14 heavy (non-hydrogen) atoms. The predicted molar refractivity (Wildman–Crippen MR) is 53.3 cm³/mol. The maximum absolute atomic E-state index is 5.62. The number of anilines is 1. The molecule has 0 spiro atoms. The van der Waals surface area contributed by atoms with E-state index in [2.05, 4.69) is 26.2 Å². The first-order valence-corrected chi connectivity index (χ1v) is 4.21. The van der Waals surface area contributed by atoms with E-state index in [0.29, 0.717) is 5.95 Å². The normalized spacial score (nSPS) is 11.6. The summed E-state index contributed by atoms with van der Waals surface area (Å²) in [7, 11) is 1.44. The Morgan fingerprint density at radius 2 is 2.21 bits per heavy atom. The first-order valence-electron chi connectivity index (χ1n) is 3.84. The summed E-state index contributed by atoms with van der Waals surface area (Å²) in [6.07, 6.45) is 5.18. The van der Waals surface area contributed by atoms with Crippen LogP contribution >= 0.6 is 11.6 Å². The van der Waals surface area contributed by atoms with Crippen molar-refractivity contribution in [3.8, 4) is 18.4 Å². The van der Waals surface area contributed by atoms with Crippen LogP contribution in [-0.2, 0) is 0 Å². The van der Waals surface area contributed by atoms with Gasteiger partial charge >= 0.3 is 6.01 Å². The molecule has 0 aliphatic carbocycles. The lowest BCUT2D eigenvalue weighted by molar-refractivity contribution is 0.379. The Bertz CT molecular complexity index is 363. The highest BCUT2D eigenvalue weighted by Gasteiger charge is 2.06. The fourth-order valence-electron chi connectivity index (χ4n) is 0.723. The molecule has 0 saturated heterocycles. The highest BCUT2D eigenvalue weighted by molar-refractivity contribution is 6.28. The summed E-state index contributed by atoms with van der Waals surface area (Å²) in [5.74, 6) is 2.77. The quantitative estimate of drug-likeness (QED) is 0.757. The van der Waals surface area contributed by atoms with E-state index in [1.54, 1.807) is 6.92 Å². The molecule has 1 aromatic heterocycles. The first-order chi connectivity index (χ1) is 6.65. The van der Waals surface area contributed by atoms with Crippen molar-refractivity contribution in [3.05, 3.63) is 5.28 Å². The second kappa shape index (κ2) is 4.63. The molecule has 0 bridgehead atoms. The average Bonchev–Trinajstić information content (AvgIpc) is 2.16. The fraction of sp³-hybridized carbons (Fsp3) is 0.375. The van der Waals surface area contributed by atoms with Gasteiger partial charge in [-0.3, -0.25) is 0 Å². The number of aromatic nitrogens is 3. The minimum absolute atomic E-state index is 0.0589. The molecule has 1 heterocycles. The molecule has 0 aromatic carbocycles. The molecule has 1 aromatic rings. The van der Waals surface area contributed by atoms with E-state index < -0.39 is 0 Å². The van der Waals surface area contributed by atoms with Crippen LogP contribution in [-0.4, -0.2) is 28.1 Å². The SMILES string of the molecule is C#CC(C)Nc1nc(Cl)nc(OC)n1. The molecule has 0 amide bonds. The van der Waals surface area contributed by atoms with E-state index in [1.807, 2.05) is 0 Å². The Hall–Kier alpha value is -1.54. The van der Waals surface area contributed by atoms with Gasteiger partial charge in [-0.1, -0.05) is 5.92 Å². The zero-order chi connectivity index (χ0) is 10.6. The van der Waals surface area contributed by atoms with Gasteiger partial charge in [0.05, 0.1) is 13.2 Å². The molecule has 6 heteroatoms. The van der Waals surface area contributed by atoms with E-state index in [9.17, 15) is 0 Å². The minimum atomic E-state index is -0.182. The van der Waals surface area contributed by atoms with E-state index in [0.717, 1.165) is 0 Å². The lowest BCUT2D eigenvalue weighted by atomic mass is 10.4. The second-order valence-electron chi connectivity index (χ2n) is 2.45. The number of terminal acetylenes is 1.